The first-order valence-corrected chi connectivity index (χ1v) is 8.76. The molecule has 1 fully saturated rings. The third kappa shape index (κ3) is 4.12. The largest absolute Gasteiger partial charge is 0.303 e. The number of nitrogens with zero attached hydrogens (tertiary/aromatic N) is 1. The molecule has 1 N–H and O–H groups in total. The van der Waals surface area contributed by atoms with Crippen molar-refractivity contribution >= 4 is 15.8 Å². The second kappa shape index (κ2) is 6.68. The molecule has 0 atom stereocenters. The number of nitrogens with one attached hydrogen (secondary N) is 1. The summed E-state index contributed by atoms with van der Waals surface area (Å²) in [5.41, 5.74) is 0.519. The molecule has 116 valence electrons. The summed E-state index contributed by atoms with van der Waals surface area (Å²) in [5, 5.41) is 0. The van der Waals surface area contributed by atoms with E-state index in [2.05, 4.69) is 16.5 Å². The summed E-state index contributed by atoms with van der Waals surface area (Å²) in [6, 6.07) is 6.07. The highest BCUT2D eigenvalue weighted by Gasteiger charge is 2.24. The summed E-state index contributed by atoms with van der Waals surface area (Å²) < 4.78 is 27.4. The predicted molar refractivity (Wildman–Crippen MR) is 81.9 cm³/mol. The van der Waals surface area contributed by atoms with Crippen LogP contribution in [0.25, 0.3) is 0 Å². The smallest absolute Gasteiger partial charge is 0.240 e. The summed E-state index contributed by atoms with van der Waals surface area (Å²) in [4.78, 5) is 13.7. The number of rotatable bonds is 5. The van der Waals surface area contributed by atoms with Crippen LogP contribution in [0.15, 0.2) is 29.2 Å². The minimum Gasteiger partial charge on any atom is -0.303 e. The van der Waals surface area contributed by atoms with E-state index in [-0.39, 0.29) is 16.7 Å². The Kier molecular flexibility index (Phi) is 5.13. The molecule has 0 spiro atoms. The molecule has 0 aliphatic carbocycles. The number of Topliss-reactive ketones (excluding diaryl/α,β-unsaturated/α-hetero) is 1. The Morgan fingerprint density at radius 3 is 2.29 bits per heavy atom. The van der Waals surface area contributed by atoms with Crippen molar-refractivity contribution in [2.75, 3.05) is 19.6 Å². The van der Waals surface area contributed by atoms with Crippen LogP contribution in [-0.4, -0.2) is 44.8 Å². The third-order valence-corrected chi connectivity index (χ3v) is 5.46. The lowest BCUT2D eigenvalue weighted by atomic mass is 10.1. The van der Waals surface area contributed by atoms with E-state index in [4.69, 9.17) is 0 Å². The van der Waals surface area contributed by atoms with Gasteiger partial charge in [-0.15, -0.1) is 0 Å². The topological polar surface area (TPSA) is 66.5 Å². The average Bonchev–Trinajstić information content (AvgIpc) is 2.48. The first-order valence-electron chi connectivity index (χ1n) is 7.28. The molecule has 0 aromatic heterocycles. The van der Waals surface area contributed by atoms with Crippen molar-refractivity contribution in [3.63, 3.8) is 0 Å². The van der Waals surface area contributed by atoms with Crippen molar-refractivity contribution in [1.29, 1.82) is 0 Å². The number of carbonyl (C=O) groups excluding carboxylic acids is 1. The molecule has 1 aromatic rings. The van der Waals surface area contributed by atoms with E-state index in [9.17, 15) is 13.2 Å². The third-order valence-electron chi connectivity index (χ3n) is 3.93. The minimum atomic E-state index is -3.51. The van der Waals surface area contributed by atoms with Crippen LogP contribution in [0.1, 0.15) is 37.0 Å². The Hall–Kier alpha value is -1.24. The molecule has 0 radical (unpaired) electrons. The molecular weight excluding hydrogens is 288 g/mol. The zero-order valence-corrected chi connectivity index (χ0v) is 13.3. The molecule has 0 amide bonds. The van der Waals surface area contributed by atoms with Crippen LogP contribution in [0.5, 0.6) is 0 Å². The number of piperidine rings is 1. The molecule has 1 aliphatic rings. The van der Waals surface area contributed by atoms with Crippen molar-refractivity contribution in [2.45, 2.75) is 37.6 Å². The fourth-order valence-electron chi connectivity index (χ4n) is 2.52. The summed E-state index contributed by atoms with van der Waals surface area (Å²) in [7, 11) is -3.51. The molecular formula is C15H22N2O3S. The molecule has 0 saturated carbocycles. The van der Waals surface area contributed by atoms with E-state index < -0.39 is 10.0 Å². The number of benzene rings is 1. The van der Waals surface area contributed by atoms with Gasteiger partial charge in [0.25, 0.3) is 0 Å². The lowest BCUT2D eigenvalue weighted by Gasteiger charge is -2.31. The first kappa shape index (κ1) is 16.1. The number of hydrogen-bond donors (Lipinski definition) is 1. The fraction of sp³-hybridized carbons (Fsp3) is 0.533. The number of carbonyl (C=O) groups is 1. The lowest BCUT2D eigenvalue weighted by molar-refractivity contribution is 0.101. The van der Waals surface area contributed by atoms with Gasteiger partial charge in [0, 0.05) is 11.6 Å². The van der Waals surface area contributed by atoms with Gasteiger partial charge in [-0.3, -0.25) is 4.79 Å². The zero-order valence-electron chi connectivity index (χ0n) is 12.5. The molecule has 2 rings (SSSR count). The molecule has 6 heteroatoms. The standard InChI is InChI=1S/C15H22N2O3S/c1-3-17-10-8-14(9-11-17)16-21(19,20)15-6-4-13(5-7-15)12(2)18/h4-7,14,16H,3,8-11H2,1-2H3. The van der Waals surface area contributed by atoms with E-state index in [1.807, 2.05) is 0 Å². The van der Waals surface area contributed by atoms with Crippen LogP contribution in [0.2, 0.25) is 0 Å². The normalized spacial score (nSPS) is 17.8. The summed E-state index contributed by atoms with van der Waals surface area (Å²) in [5.74, 6) is -0.0705. The van der Waals surface area contributed by atoms with Gasteiger partial charge in [0.2, 0.25) is 10.0 Å². The van der Waals surface area contributed by atoms with E-state index in [1.54, 1.807) is 12.1 Å². The Bertz CT molecular complexity index is 588. The fourth-order valence-corrected chi connectivity index (χ4v) is 3.83. The zero-order chi connectivity index (χ0) is 15.5. The second-order valence-electron chi connectivity index (χ2n) is 5.41. The molecule has 0 bridgehead atoms. The SMILES string of the molecule is CCN1CCC(NS(=O)(=O)c2ccc(C(C)=O)cc2)CC1. The van der Waals surface area contributed by atoms with Gasteiger partial charge in [-0.25, -0.2) is 13.1 Å². The predicted octanol–water partition coefficient (Wildman–Crippen LogP) is 1.65. The van der Waals surface area contributed by atoms with E-state index in [0.717, 1.165) is 32.5 Å². The molecule has 21 heavy (non-hydrogen) atoms. The number of hydrogen-bond acceptors (Lipinski definition) is 4. The number of sulfonamides is 1. The van der Waals surface area contributed by atoms with Gasteiger partial charge in [-0.05, 0) is 51.5 Å². The Labute approximate surface area is 126 Å². The van der Waals surface area contributed by atoms with Crippen molar-refractivity contribution < 1.29 is 13.2 Å². The first-order chi connectivity index (χ1) is 9.92. The van der Waals surface area contributed by atoms with E-state index >= 15 is 0 Å². The van der Waals surface area contributed by atoms with Crippen LogP contribution in [0.3, 0.4) is 0 Å². The Morgan fingerprint density at radius 1 is 1.24 bits per heavy atom. The monoisotopic (exact) mass is 310 g/mol. The molecule has 1 heterocycles. The van der Waals surface area contributed by atoms with Crippen molar-refractivity contribution in [2.24, 2.45) is 0 Å². The molecule has 0 unspecified atom stereocenters. The van der Waals surface area contributed by atoms with Gasteiger partial charge < -0.3 is 4.90 Å². The maximum Gasteiger partial charge on any atom is 0.240 e. The lowest BCUT2D eigenvalue weighted by Crippen LogP contribution is -2.44. The quantitative estimate of drug-likeness (QED) is 0.840. The maximum absolute atomic E-state index is 12.3. The Balaban J connectivity index is 2.03. The number of likely N-dealkylation sites (tertiary alicyclic amines) is 1. The minimum absolute atomic E-state index is 0.00900. The number of ketones is 1. The summed E-state index contributed by atoms with van der Waals surface area (Å²) >= 11 is 0. The van der Waals surface area contributed by atoms with Crippen LogP contribution >= 0.6 is 0 Å². The van der Waals surface area contributed by atoms with Gasteiger partial charge >= 0.3 is 0 Å². The average molecular weight is 310 g/mol. The van der Waals surface area contributed by atoms with Crippen LogP contribution in [0, 0.1) is 0 Å². The Morgan fingerprint density at radius 2 is 1.81 bits per heavy atom. The highest BCUT2D eigenvalue weighted by molar-refractivity contribution is 7.89. The second-order valence-corrected chi connectivity index (χ2v) is 7.12. The maximum atomic E-state index is 12.3. The van der Waals surface area contributed by atoms with Crippen molar-refractivity contribution in [3.05, 3.63) is 29.8 Å². The van der Waals surface area contributed by atoms with Crippen molar-refractivity contribution in [3.8, 4) is 0 Å². The highest BCUT2D eigenvalue weighted by atomic mass is 32.2. The van der Waals surface area contributed by atoms with Gasteiger partial charge in [0.1, 0.15) is 0 Å². The molecule has 1 aliphatic heterocycles. The van der Waals surface area contributed by atoms with Crippen LogP contribution in [-0.2, 0) is 10.0 Å². The molecule has 1 aromatic carbocycles. The summed E-state index contributed by atoms with van der Waals surface area (Å²) in [6.07, 6.45) is 1.66. The van der Waals surface area contributed by atoms with E-state index in [1.165, 1.54) is 19.1 Å². The highest BCUT2D eigenvalue weighted by Crippen LogP contribution is 2.15. The van der Waals surface area contributed by atoms with Gasteiger partial charge in [0.15, 0.2) is 5.78 Å². The van der Waals surface area contributed by atoms with E-state index in [0.29, 0.717) is 5.56 Å². The molecule has 1 saturated heterocycles. The van der Waals surface area contributed by atoms with Gasteiger partial charge in [-0.1, -0.05) is 19.1 Å². The molecule has 5 nitrogen and oxygen atoms in total. The van der Waals surface area contributed by atoms with Crippen molar-refractivity contribution in [1.82, 2.24) is 9.62 Å². The summed E-state index contributed by atoms with van der Waals surface area (Å²) in [6.45, 7) is 6.43. The van der Waals surface area contributed by atoms with Crippen LogP contribution < -0.4 is 4.72 Å². The van der Waals surface area contributed by atoms with Gasteiger partial charge in [0.05, 0.1) is 4.90 Å². The van der Waals surface area contributed by atoms with Crippen LogP contribution in [0.4, 0.5) is 0 Å². The van der Waals surface area contributed by atoms with Gasteiger partial charge in [-0.2, -0.15) is 0 Å².